The van der Waals surface area contributed by atoms with E-state index in [2.05, 4.69) is 27.6 Å². The first kappa shape index (κ1) is 14.4. The minimum Gasteiger partial charge on any atom is -0.368 e. The molecule has 0 amide bonds. The number of nitrogen functional groups attached to an aromatic ring is 2. The van der Waals surface area contributed by atoms with Gasteiger partial charge in [-0.15, -0.1) is 0 Å². The molecule has 7 heteroatoms. The second kappa shape index (κ2) is 8.41. The molecule has 0 aromatic carbocycles. The predicted molar refractivity (Wildman–Crippen MR) is 77.4 cm³/mol. The van der Waals surface area contributed by atoms with Crippen LogP contribution in [0.15, 0.2) is 0 Å². The molecule has 0 fully saturated rings. The van der Waals surface area contributed by atoms with Crippen molar-refractivity contribution in [1.29, 1.82) is 0 Å². The second-order valence-corrected chi connectivity index (χ2v) is 5.29. The first-order valence-corrected chi connectivity index (χ1v) is 7.45. The van der Waals surface area contributed by atoms with Crippen LogP contribution in [0.25, 0.3) is 0 Å². The zero-order valence-electron chi connectivity index (χ0n) is 9.80. The van der Waals surface area contributed by atoms with E-state index >= 15 is 0 Å². The highest BCUT2D eigenvalue weighted by molar-refractivity contribution is 7.99. The van der Waals surface area contributed by atoms with E-state index in [-0.39, 0.29) is 11.9 Å². The number of rotatable bonds is 8. The minimum absolute atomic E-state index is 0.200. The Morgan fingerprint density at radius 3 is 2.29 bits per heavy atom. The molecule has 0 saturated carbocycles. The summed E-state index contributed by atoms with van der Waals surface area (Å²) >= 11 is 6.08. The van der Waals surface area contributed by atoms with Crippen LogP contribution in [0.3, 0.4) is 0 Å². The first-order valence-electron chi connectivity index (χ1n) is 5.67. The molecule has 0 spiro atoms. The summed E-state index contributed by atoms with van der Waals surface area (Å²) < 4.78 is 0. The summed E-state index contributed by atoms with van der Waals surface area (Å²) in [6, 6.07) is 0. The molecule has 4 N–H and O–H groups in total. The Morgan fingerprint density at radius 2 is 1.65 bits per heavy atom. The van der Waals surface area contributed by atoms with Crippen molar-refractivity contribution >= 4 is 36.3 Å². The number of aromatic nitrogens is 3. The normalized spacial score (nSPS) is 10.6. The highest BCUT2D eigenvalue weighted by Crippen LogP contribution is 2.09. The van der Waals surface area contributed by atoms with E-state index in [1.807, 2.05) is 11.8 Å². The predicted octanol–water partition coefficient (Wildman–Crippen LogP) is 1.41. The fourth-order valence-corrected chi connectivity index (χ4v) is 2.49. The van der Waals surface area contributed by atoms with E-state index in [4.69, 9.17) is 11.5 Å². The van der Waals surface area contributed by atoms with Gasteiger partial charge in [-0.3, -0.25) is 0 Å². The lowest BCUT2D eigenvalue weighted by molar-refractivity contribution is 0.786. The molecule has 0 bridgehead atoms. The average molecular weight is 273 g/mol. The Morgan fingerprint density at radius 1 is 0.941 bits per heavy atom. The van der Waals surface area contributed by atoms with E-state index in [0.29, 0.717) is 5.82 Å². The smallest absolute Gasteiger partial charge is 0.225 e. The summed E-state index contributed by atoms with van der Waals surface area (Å²) in [7, 11) is 0. The minimum atomic E-state index is 0.200. The maximum atomic E-state index is 5.49. The van der Waals surface area contributed by atoms with Crippen LogP contribution in [0.5, 0.6) is 0 Å². The van der Waals surface area contributed by atoms with Gasteiger partial charge in [0.2, 0.25) is 11.9 Å². The monoisotopic (exact) mass is 273 g/mol. The van der Waals surface area contributed by atoms with Gasteiger partial charge < -0.3 is 11.5 Å². The standard InChI is InChI=1S/C10H19N5S2/c11-9-13-8(14-10(12)15-9)4-7-17-6-3-1-2-5-16/h16H,1-7H2,(H4,11,12,13,14,15). The summed E-state index contributed by atoms with van der Waals surface area (Å²) in [4.78, 5) is 11.8. The van der Waals surface area contributed by atoms with Crippen molar-refractivity contribution in [2.45, 2.75) is 25.7 Å². The van der Waals surface area contributed by atoms with Crippen molar-refractivity contribution < 1.29 is 0 Å². The third kappa shape index (κ3) is 6.58. The highest BCUT2D eigenvalue weighted by Gasteiger charge is 2.01. The SMILES string of the molecule is Nc1nc(N)nc(CCSCCCCCS)n1. The van der Waals surface area contributed by atoms with Crippen LogP contribution in [-0.4, -0.2) is 32.2 Å². The highest BCUT2D eigenvalue weighted by atomic mass is 32.2. The number of thiol groups is 1. The molecule has 1 aromatic heterocycles. The van der Waals surface area contributed by atoms with Gasteiger partial charge in [0.05, 0.1) is 0 Å². The summed E-state index contributed by atoms with van der Waals surface area (Å²) in [6.45, 7) is 0. The van der Waals surface area contributed by atoms with E-state index in [1.54, 1.807) is 0 Å². The lowest BCUT2D eigenvalue weighted by Gasteiger charge is -2.02. The molecule has 5 nitrogen and oxygen atoms in total. The number of thioether (sulfide) groups is 1. The topological polar surface area (TPSA) is 90.7 Å². The zero-order chi connectivity index (χ0) is 12.5. The van der Waals surface area contributed by atoms with Crippen LogP contribution in [0, 0.1) is 0 Å². The van der Waals surface area contributed by atoms with Gasteiger partial charge in [-0.1, -0.05) is 6.42 Å². The molecule has 0 aliphatic heterocycles. The van der Waals surface area contributed by atoms with Gasteiger partial charge in [-0.05, 0) is 24.3 Å². The van der Waals surface area contributed by atoms with Crippen molar-refractivity contribution in [3.8, 4) is 0 Å². The number of anilines is 2. The van der Waals surface area contributed by atoms with Crippen molar-refractivity contribution in [2.24, 2.45) is 0 Å². The lowest BCUT2D eigenvalue weighted by Crippen LogP contribution is -2.07. The first-order chi connectivity index (χ1) is 8.22. The van der Waals surface area contributed by atoms with Crippen molar-refractivity contribution in [3.63, 3.8) is 0 Å². The fraction of sp³-hybridized carbons (Fsp3) is 0.700. The van der Waals surface area contributed by atoms with E-state index in [1.165, 1.54) is 25.0 Å². The Kier molecular flexibility index (Phi) is 7.11. The van der Waals surface area contributed by atoms with Crippen LogP contribution in [0.4, 0.5) is 11.9 Å². The Bertz CT molecular complexity index is 314. The second-order valence-electron chi connectivity index (χ2n) is 3.61. The van der Waals surface area contributed by atoms with E-state index < -0.39 is 0 Å². The Hall–Kier alpha value is -0.690. The van der Waals surface area contributed by atoms with Crippen molar-refractivity contribution in [1.82, 2.24) is 15.0 Å². The summed E-state index contributed by atoms with van der Waals surface area (Å²) in [6.07, 6.45) is 4.48. The molecule has 1 rings (SSSR count). The Balaban J connectivity index is 2.13. The number of aryl methyl sites for hydroxylation is 1. The van der Waals surface area contributed by atoms with Gasteiger partial charge in [0.1, 0.15) is 5.82 Å². The van der Waals surface area contributed by atoms with Gasteiger partial charge in [0.25, 0.3) is 0 Å². The van der Waals surface area contributed by atoms with Crippen LogP contribution in [0.2, 0.25) is 0 Å². The van der Waals surface area contributed by atoms with Crippen LogP contribution < -0.4 is 11.5 Å². The molecule has 0 atom stereocenters. The van der Waals surface area contributed by atoms with Crippen LogP contribution in [-0.2, 0) is 6.42 Å². The molecule has 0 radical (unpaired) electrons. The van der Waals surface area contributed by atoms with Crippen molar-refractivity contribution in [3.05, 3.63) is 5.82 Å². The molecule has 1 heterocycles. The maximum absolute atomic E-state index is 5.49. The maximum Gasteiger partial charge on any atom is 0.225 e. The van der Waals surface area contributed by atoms with Gasteiger partial charge in [0.15, 0.2) is 0 Å². The number of nitrogens with two attached hydrogens (primary N) is 2. The lowest BCUT2D eigenvalue weighted by atomic mass is 10.3. The van der Waals surface area contributed by atoms with E-state index in [0.717, 1.165) is 17.9 Å². The van der Waals surface area contributed by atoms with Crippen molar-refractivity contribution in [2.75, 3.05) is 28.7 Å². The van der Waals surface area contributed by atoms with Gasteiger partial charge in [-0.2, -0.15) is 39.3 Å². The number of hydrogen-bond donors (Lipinski definition) is 3. The summed E-state index contributed by atoms with van der Waals surface area (Å²) in [5.41, 5.74) is 11.0. The number of nitrogens with zero attached hydrogens (tertiary/aromatic N) is 3. The van der Waals surface area contributed by atoms with Crippen LogP contribution >= 0.6 is 24.4 Å². The third-order valence-corrected chi connectivity index (χ3v) is 3.52. The average Bonchev–Trinajstić information content (AvgIpc) is 2.26. The molecule has 17 heavy (non-hydrogen) atoms. The zero-order valence-corrected chi connectivity index (χ0v) is 11.5. The fourth-order valence-electron chi connectivity index (χ4n) is 1.33. The van der Waals surface area contributed by atoms with E-state index in [9.17, 15) is 0 Å². The molecule has 1 aromatic rings. The summed E-state index contributed by atoms with van der Waals surface area (Å²) in [5, 5.41) is 0. The van der Waals surface area contributed by atoms with Gasteiger partial charge in [0, 0.05) is 12.2 Å². The molecule has 0 saturated heterocycles. The molecular weight excluding hydrogens is 254 g/mol. The molecule has 0 aliphatic carbocycles. The van der Waals surface area contributed by atoms with Crippen LogP contribution in [0.1, 0.15) is 25.1 Å². The summed E-state index contributed by atoms with van der Waals surface area (Å²) in [5.74, 6) is 4.22. The number of unbranched alkanes of at least 4 members (excludes halogenated alkanes) is 2. The Labute approximate surface area is 112 Å². The molecule has 96 valence electrons. The van der Waals surface area contributed by atoms with Gasteiger partial charge in [-0.25, -0.2) is 0 Å². The van der Waals surface area contributed by atoms with Gasteiger partial charge >= 0.3 is 0 Å². The number of hydrogen-bond acceptors (Lipinski definition) is 7. The quantitative estimate of drug-likeness (QED) is 0.490. The third-order valence-electron chi connectivity index (χ3n) is 2.13. The molecule has 0 unspecified atom stereocenters. The largest absolute Gasteiger partial charge is 0.368 e. The molecule has 0 aliphatic rings. The molecular formula is C10H19N5S2.